The monoisotopic (exact) mass is 713 g/mol. The molecule has 1 aromatic rings. The fourth-order valence-electron chi connectivity index (χ4n) is 6.48. The maximum atomic E-state index is 14.3. The van der Waals surface area contributed by atoms with E-state index >= 15 is 0 Å². The molecule has 5 amide bonds. The number of carbonyl (C=O) groups is 5. The molecule has 0 radical (unpaired) electrons. The minimum atomic E-state index is -1.30. The van der Waals surface area contributed by atoms with E-state index in [0.29, 0.717) is 57.9 Å². The van der Waals surface area contributed by atoms with Gasteiger partial charge in [-0.05, 0) is 36.2 Å². The largest absolute Gasteiger partial charge is 0.376 e. The molecule has 15 heteroatoms. The number of aliphatic hydroxyl groups excluding tert-OH is 1. The van der Waals surface area contributed by atoms with Crippen molar-refractivity contribution < 1.29 is 29.1 Å². The number of piperazine rings is 1. The van der Waals surface area contributed by atoms with Gasteiger partial charge < -0.3 is 35.8 Å². The number of ketones is 1. The van der Waals surface area contributed by atoms with Crippen LogP contribution in [0, 0.1) is 17.3 Å². The number of unbranched alkanes of at least 4 members (excludes halogenated alkanes) is 1. The minimum absolute atomic E-state index is 0.0300. The zero-order chi connectivity index (χ0) is 37.9. The summed E-state index contributed by atoms with van der Waals surface area (Å²) >= 11 is 0. The maximum absolute atomic E-state index is 14.3. The molecule has 0 spiro atoms. The SMILES string of the molecule is C=CCNC(=O)C(=O)C(CCCC)NC(O)[C@@H]1C[C@@H](C)CN1C(=O)[C@@H](NC(=O)N[C@H](C(=O)N1CCN(c2ncccn2)CC1)C(C)C)C(C)(C)C. The van der Waals surface area contributed by atoms with Crippen molar-refractivity contribution >= 4 is 35.5 Å². The summed E-state index contributed by atoms with van der Waals surface area (Å²) in [6.45, 7) is 19.2. The molecule has 2 aliphatic rings. The smallest absolute Gasteiger partial charge is 0.316 e. The van der Waals surface area contributed by atoms with Crippen LogP contribution in [0.15, 0.2) is 31.1 Å². The highest BCUT2D eigenvalue weighted by Gasteiger charge is 2.45. The first-order valence-electron chi connectivity index (χ1n) is 18.1. The summed E-state index contributed by atoms with van der Waals surface area (Å²) < 4.78 is 0. The first-order valence-corrected chi connectivity index (χ1v) is 18.1. The Bertz CT molecular complexity index is 1350. The second-order valence-electron chi connectivity index (χ2n) is 15.1. The van der Waals surface area contributed by atoms with Crippen LogP contribution in [0.4, 0.5) is 10.7 Å². The number of amides is 5. The molecule has 5 N–H and O–H groups in total. The molecule has 2 unspecified atom stereocenters. The Hall–Kier alpha value is -4.11. The first kappa shape index (κ1) is 41.3. The highest BCUT2D eigenvalue weighted by atomic mass is 16.3. The van der Waals surface area contributed by atoms with E-state index in [1.54, 1.807) is 28.3 Å². The van der Waals surface area contributed by atoms with Crippen molar-refractivity contribution in [3.8, 4) is 0 Å². The van der Waals surface area contributed by atoms with Gasteiger partial charge in [-0.15, -0.1) is 6.58 Å². The lowest BCUT2D eigenvalue weighted by Crippen LogP contribution is -2.63. The third-order valence-electron chi connectivity index (χ3n) is 9.40. The number of Topliss-reactive ketones (excluding diaryl/α,β-unsaturated/α-hetero) is 1. The van der Waals surface area contributed by atoms with Crippen LogP contribution >= 0.6 is 0 Å². The molecule has 1 aromatic heterocycles. The Labute approximate surface area is 302 Å². The van der Waals surface area contributed by atoms with E-state index in [1.807, 2.05) is 53.4 Å². The molecule has 2 fully saturated rings. The number of hydrogen-bond donors (Lipinski definition) is 5. The number of carbonyl (C=O) groups excluding carboxylic acids is 5. The number of likely N-dealkylation sites (tertiary alicyclic amines) is 1. The molecule has 3 heterocycles. The van der Waals surface area contributed by atoms with Crippen molar-refractivity contribution in [1.29, 1.82) is 0 Å². The second kappa shape index (κ2) is 18.9. The van der Waals surface area contributed by atoms with Gasteiger partial charge in [0.15, 0.2) is 0 Å². The zero-order valence-electron chi connectivity index (χ0n) is 31.4. The number of nitrogens with one attached hydrogen (secondary N) is 4. The van der Waals surface area contributed by atoms with Crippen molar-refractivity contribution in [3.05, 3.63) is 31.1 Å². The Morgan fingerprint density at radius 2 is 1.69 bits per heavy atom. The molecule has 0 saturated carbocycles. The number of urea groups is 1. The van der Waals surface area contributed by atoms with E-state index < -0.39 is 53.5 Å². The van der Waals surface area contributed by atoms with Gasteiger partial charge in [-0.25, -0.2) is 14.8 Å². The van der Waals surface area contributed by atoms with Crippen molar-refractivity contribution in [2.24, 2.45) is 17.3 Å². The molecule has 0 aliphatic carbocycles. The number of nitrogens with zero attached hydrogens (tertiary/aromatic N) is 5. The van der Waals surface area contributed by atoms with E-state index in [9.17, 15) is 29.1 Å². The standard InChI is InChI=1S/C36H59N9O6/c1-9-11-13-25(28(46)31(48)37-14-10-2)40-30(47)26-21-24(5)22-45(26)33(50)29(36(6,7)8)42-35(51)41-27(23(3)4)32(49)43-17-19-44(20-18-43)34-38-15-12-16-39-34/h10,12,15-16,23-27,29-30,40,47H,2,9,11,13-14,17-22H2,1,3-8H3,(H,37,48)(H2,41,42,51)/t24-,25?,26+,27+,29-,30?/m1/s1. The molecule has 6 atom stereocenters. The summed E-state index contributed by atoms with van der Waals surface area (Å²) in [5.41, 5.74) is -0.737. The number of rotatable bonds is 16. The Kier molecular flexibility index (Phi) is 15.3. The van der Waals surface area contributed by atoms with Gasteiger partial charge in [-0.3, -0.25) is 24.5 Å². The quantitative estimate of drug-likeness (QED) is 0.0953. The lowest BCUT2D eigenvalue weighted by molar-refractivity contribution is -0.141. The average Bonchev–Trinajstić information content (AvgIpc) is 3.50. The lowest BCUT2D eigenvalue weighted by atomic mass is 9.85. The summed E-state index contributed by atoms with van der Waals surface area (Å²) in [5.74, 6) is -1.65. The molecule has 0 bridgehead atoms. The van der Waals surface area contributed by atoms with Gasteiger partial charge in [0.25, 0.3) is 5.91 Å². The fraction of sp³-hybridized carbons (Fsp3) is 0.694. The molecular formula is C36H59N9O6. The lowest BCUT2D eigenvalue weighted by Gasteiger charge is -2.39. The molecule has 2 saturated heterocycles. The topological polar surface area (TPSA) is 189 Å². The highest BCUT2D eigenvalue weighted by Crippen LogP contribution is 2.30. The van der Waals surface area contributed by atoms with Gasteiger partial charge in [0.2, 0.25) is 23.5 Å². The van der Waals surface area contributed by atoms with E-state index in [2.05, 4.69) is 37.8 Å². The Balaban J connectivity index is 1.71. The van der Waals surface area contributed by atoms with E-state index in [1.165, 1.54) is 6.08 Å². The van der Waals surface area contributed by atoms with Crippen LogP contribution in [0.1, 0.15) is 74.1 Å². The predicted octanol–water partition coefficient (Wildman–Crippen LogP) is 1.44. The van der Waals surface area contributed by atoms with Crippen molar-refractivity contribution in [1.82, 2.24) is 41.0 Å². The Morgan fingerprint density at radius 3 is 2.25 bits per heavy atom. The predicted molar refractivity (Wildman–Crippen MR) is 194 cm³/mol. The average molecular weight is 714 g/mol. The van der Waals surface area contributed by atoms with Crippen molar-refractivity contribution in [3.63, 3.8) is 0 Å². The molecule has 3 rings (SSSR count). The van der Waals surface area contributed by atoms with Crippen molar-refractivity contribution in [2.75, 3.05) is 44.2 Å². The number of aromatic nitrogens is 2. The number of hydrogen-bond acceptors (Lipinski definition) is 10. The van der Waals surface area contributed by atoms with Gasteiger partial charge in [-0.1, -0.05) is 67.4 Å². The van der Waals surface area contributed by atoms with Gasteiger partial charge in [0.05, 0.1) is 12.1 Å². The van der Waals surface area contributed by atoms with Crippen molar-refractivity contribution in [2.45, 2.75) is 105 Å². The first-order chi connectivity index (χ1) is 24.1. The van der Waals surface area contributed by atoms with Gasteiger partial charge in [-0.2, -0.15) is 0 Å². The molecule has 2 aliphatic heterocycles. The van der Waals surface area contributed by atoms with E-state index in [0.717, 1.165) is 6.42 Å². The van der Waals surface area contributed by atoms with Gasteiger partial charge in [0, 0.05) is 51.7 Å². The van der Waals surface area contributed by atoms with E-state index in [4.69, 9.17) is 0 Å². The van der Waals surface area contributed by atoms with Crippen LogP contribution in [-0.2, 0) is 19.2 Å². The summed E-state index contributed by atoms with van der Waals surface area (Å²) in [4.78, 5) is 80.9. The molecule has 51 heavy (non-hydrogen) atoms. The van der Waals surface area contributed by atoms with Crippen LogP contribution in [0.3, 0.4) is 0 Å². The van der Waals surface area contributed by atoms with Crippen LogP contribution in [0.2, 0.25) is 0 Å². The van der Waals surface area contributed by atoms with Crippen LogP contribution < -0.4 is 26.2 Å². The fourth-order valence-corrected chi connectivity index (χ4v) is 6.48. The van der Waals surface area contributed by atoms with Crippen LogP contribution in [-0.4, -0.2) is 124 Å². The van der Waals surface area contributed by atoms with E-state index in [-0.39, 0.29) is 30.2 Å². The summed E-state index contributed by atoms with van der Waals surface area (Å²) in [6, 6.07) is -2.38. The normalized spacial score (nSPS) is 20.3. The van der Waals surface area contributed by atoms with Crippen LogP contribution in [0.25, 0.3) is 0 Å². The Morgan fingerprint density at radius 1 is 1.04 bits per heavy atom. The number of anilines is 1. The molecule has 0 aromatic carbocycles. The molecule has 15 nitrogen and oxygen atoms in total. The summed E-state index contributed by atoms with van der Waals surface area (Å²) in [6.07, 6.45) is 5.75. The van der Waals surface area contributed by atoms with Gasteiger partial charge >= 0.3 is 6.03 Å². The number of aliphatic hydroxyl groups is 1. The zero-order valence-corrected chi connectivity index (χ0v) is 31.4. The summed E-state index contributed by atoms with van der Waals surface area (Å²) in [5, 5.41) is 22.5. The third kappa shape index (κ3) is 11.4. The molecular weight excluding hydrogens is 654 g/mol. The maximum Gasteiger partial charge on any atom is 0.316 e. The minimum Gasteiger partial charge on any atom is -0.376 e. The van der Waals surface area contributed by atoms with Gasteiger partial charge in [0.1, 0.15) is 18.3 Å². The summed E-state index contributed by atoms with van der Waals surface area (Å²) in [7, 11) is 0. The van der Waals surface area contributed by atoms with Crippen LogP contribution in [0.5, 0.6) is 0 Å². The second-order valence-corrected chi connectivity index (χ2v) is 15.1. The third-order valence-corrected chi connectivity index (χ3v) is 9.40. The highest BCUT2D eigenvalue weighted by molar-refractivity contribution is 6.38. The molecule has 284 valence electrons.